The maximum Gasteiger partial charge on any atom is 0.326 e. The van der Waals surface area contributed by atoms with Crippen LogP contribution in [-0.4, -0.2) is 41.6 Å². The molecule has 2 amide bonds. The number of ketones is 1. The van der Waals surface area contributed by atoms with Crippen molar-refractivity contribution in [3.05, 3.63) is 47.0 Å². The first-order valence-electron chi connectivity index (χ1n) is 8.64. The molecule has 1 aliphatic heterocycles. The zero-order valence-electron chi connectivity index (χ0n) is 14.9. The zero-order chi connectivity index (χ0) is 18.8. The minimum Gasteiger partial charge on any atom is -0.456 e. The van der Waals surface area contributed by atoms with Crippen molar-refractivity contribution in [3.8, 4) is 0 Å². The van der Waals surface area contributed by atoms with Gasteiger partial charge in [0, 0.05) is 5.56 Å². The molecule has 26 heavy (non-hydrogen) atoms. The molecule has 1 aliphatic carbocycles. The van der Waals surface area contributed by atoms with E-state index in [0.717, 1.165) is 16.0 Å². The number of Topliss-reactive ketones (excluding diaryl/α,β-unsaturated/α-hetero) is 1. The number of hydrogen-bond acceptors (Lipinski definition) is 5. The third-order valence-corrected chi connectivity index (χ3v) is 4.94. The number of ether oxygens (including phenoxy) is 1. The molecule has 0 bridgehead atoms. The standard InChI is InChI=1S/C20H21NO5/c1-12-7-8-13(2)16(9-12)17(22)11-26-18(23)10-21-19(24)14-5-3-4-6-15(14)20(21)25/h3-4,7-9,14-15H,5-6,10-11H2,1-2H3. The van der Waals surface area contributed by atoms with Gasteiger partial charge in [-0.1, -0.05) is 29.8 Å². The minimum atomic E-state index is -0.753. The molecule has 1 saturated heterocycles. The number of nitrogens with zero attached hydrogens (tertiary/aromatic N) is 1. The van der Waals surface area contributed by atoms with E-state index in [1.165, 1.54) is 0 Å². The molecule has 0 saturated carbocycles. The third-order valence-electron chi connectivity index (χ3n) is 4.94. The molecule has 2 atom stereocenters. The average Bonchev–Trinajstić information content (AvgIpc) is 2.87. The number of carbonyl (C=O) groups excluding carboxylic acids is 4. The summed E-state index contributed by atoms with van der Waals surface area (Å²) in [5, 5.41) is 0. The number of likely N-dealkylation sites (tertiary alicyclic amines) is 1. The molecule has 2 aliphatic rings. The fourth-order valence-corrected chi connectivity index (χ4v) is 3.46. The summed E-state index contributed by atoms with van der Waals surface area (Å²) in [5.41, 5.74) is 2.25. The lowest BCUT2D eigenvalue weighted by Crippen LogP contribution is -2.37. The normalized spacial score (nSPS) is 21.7. The maximum absolute atomic E-state index is 12.3. The largest absolute Gasteiger partial charge is 0.456 e. The molecule has 0 spiro atoms. The number of rotatable bonds is 5. The molecule has 1 heterocycles. The van der Waals surface area contributed by atoms with Gasteiger partial charge in [-0.3, -0.25) is 24.1 Å². The number of esters is 1. The van der Waals surface area contributed by atoms with Crippen molar-refractivity contribution in [2.45, 2.75) is 26.7 Å². The van der Waals surface area contributed by atoms with E-state index in [-0.39, 0.29) is 29.4 Å². The Bertz CT molecular complexity index is 784. The number of benzene rings is 1. The first-order chi connectivity index (χ1) is 12.4. The number of hydrogen-bond donors (Lipinski definition) is 0. The predicted molar refractivity (Wildman–Crippen MR) is 93.3 cm³/mol. The second-order valence-electron chi connectivity index (χ2n) is 6.82. The molecular formula is C20H21NO5. The first-order valence-corrected chi connectivity index (χ1v) is 8.64. The molecule has 0 aromatic heterocycles. The van der Waals surface area contributed by atoms with Crippen LogP contribution in [0.5, 0.6) is 0 Å². The van der Waals surface area contributed by atoms with Gasteiger partial charge in [0.25, 0.3) is 0 Å². The van der Waals surface area contributed by atoms with Crippen LogP contribution >= 0.6 is 0 Å². The van der Waals surface area contributed by atoms with Crippen LogP contribution in [-0.2, 0) is 19.1 Å². The third kappa shape index (κ3) is 3.45. The number of allylic oxidation sites excluding steroid dienone is 2. The summed E-state index contributed by atoms with van der Waals surface area (Å²) in [6.07, 6.45) is 4.81. The zero-order valence-corrected chi connectivity index (χ0v) is 14.9. The molecule has 0 radical (unpaired) electrons. The number of amides is 2. The van der Waals surface area contributed by atoms with Crippen LogP contribution in [0.2, 0.25) is 0 Å². The van der Waals surface area contributed by atoms with Crippen LogP contribution in [0.3, 0.4) is 0 Å². The van der Waals surface area contributed by atoms with Gasteiger partial charge in [0.15, 0.2) is 6.61 Å². The number of fused-ring (bicyclic) bond motifs is 1. The highest BCUT2D eigenvalue weighted by molar-refractivity contribution is 6.07. The average molecular weight is 355 g/mol. The highest BCUT2D eigenvalue weighted by Gasteiger charge is 2.47. The van der Waals surface area contributed by atoms with Gasteiger partial charge in [-0.25, -0.2) is 0 Å². The quantitative estimate of drug-likeness (QED) is 0.349. The van der Waals surface area contributed by atoms with E-state index in [4.69, 9.17) is 4.74 Å². The predicted octanol–water partition coefficient (Wildman–Crippen LogP) is 1.98. The Morgan fingerprint density at radius 1 is 1.08 bits per heavy atom. The van der Waals surface area contributed by atoms with E-state index in [0.29, 0.717) is 18.4 Å². The Balaban J connectivity index is 1.58. The lowest BCUT2D eigenvalue weighted by molar-refractivity contribution is -0.152. The minimum absolute atomic E-state index is 0.309. The summed E-state index contributed by atoms with van der Waals surface area (Å²) in [7, 11) is 0. The van der Waals surface area contributed by atoms with E-state index in [2.05, 4.69) is 0 Å². The van der Waals surface area contributed by atoms with E-state index in [1.54, 1.807) is 6.07 Å². The number of carbonyl (C=O) groups is 4. The van der Waals surface area contributed by atoms with Crippen molar-refractivity contribution in [2.24, 2.45) is 11.8 Å². The molecule has 6 heteroatoms. The number of aryl methyl sites for hydroxylation is 2. The van der Waals surface area contributed by atoms with E-state index < -0.39 is 19.1 Å². The molecule has 6 nitrogen and oxygen atoms in total. The Labute approximate surface area is 151 Å². The van der Waals surface area contributed by atoms with Crippen LogP contribution in [0.1, 0.15) is 34.3 Å². The molecule has 1 aromatic rings. The number of imide groups is 1. The first kappa shape index (κ1) is 18.0. The van der Waals surface area contributed by atoms with Gasteiger partial charge in [-0.2, -0.15) is 0 Å². The summed E-state index contributed by atoms with van der Waals surface area (Å²) < 4.78 is 5.01. The van der Waals surface area contributed by atoms with Crippen LogP contribution in [0, 0.1) is 25.7 Å². The van der Waals surface area contributed by atoms with Crippen LogP contribution in [0.25, 0.3) is 0 Å². The maximum atomic E-state index is 12.3. The summed E-state index contributed by atoms with van der Waals surface area (Å²) in [5.74, 6) is -2.48. The fourth-order valence-electron chi connectivity index (χ4n) is 3.46. The van der Waals surface area contributed by atoms with Crippen LogP contribution in [0.4, 0.5) is 0 Å². The summed E-state index contributed by atoms with van der Waals surface area (Å²) in [6.45, 7) is 2.84. The van der Waals surface area contributed by atoms with Gasteiger partial charge in [0.05, 0.1) is 11.8 Å². The Morgan fingerprint density at radius 2 is 1.69 bits per heavy atom. The summed E-state index contributed by atoms with van der Waals surface area (Å²) in [6, 6.07) is 5.48. The van der Waals surface area contributed by atoms with Crippen molar-refractivity contribution < 1.29 is 23.9 Å². The highest BCUT2D eigenvalue weighted by atomic mass is 16.5. The van der Waals surface area contributed by atoms with Crippen molar-refractivity contribution in [3.63, 3.8) is 0 Å². The molecule has 0 N–H and O–H groups in total. The molecule has 3 rings (SSSR count). The van der Waals surface area contributed by atoms with E-state index >= 15 is 0 Å². The van der Waals surface area contributed by atoms with Gasteiger partial charge in [0.1, 0.15) is 6.54 Å². The molecule has 1 aromatic carbocycles. The topological polar surface area (TPSA) is 80.8 Å². The molecular weight excluding hydrogens is 334 g/mol. The molecule has 2 unspecified atom stereocenters. The van der Waals surface area contributed by atoms with E-state index in [9.17, 15) is 19.2 Å². The molecule has 1 fully saturated rings. The second kappa shape index (κ2) is 7.23. The van der Waals surface area contributed by atoms with Crippen molar-refractivity contribution in [1.82, 2.24) is 4.90 Å². The van der Waals surface area contributed by atoms with Crippen molar-refractivity contribution >= 4 is 23.6 Å². The summed E-state index contributed by atoms with van der Waals surface area (Å²) >= 11 is 0. The lowest BCUT2D eigenvalue weighted by atomic mass is 9.85. The van der Waals surface area contributed by atoms with Crippen LogP contribution in [0.15, 0.2) is 30.4 Å². The Morgan fingerprint density at radius 3 is 2.31 bits per heavy atom. The lowest BCUT2D eigenvalue weighted by Gasteiger charge is -2.14. The molecule has 136 valence electrons. The van der Waals surface area contributed by atoms with Crippen molar-refractivity contribution in [1.29, 1.82) is 0 Å². The van der Waals surface area contributed by atoms with Gasteiger partial charge in [-0.15, -0.1) is 0 Å². The van der Waals surface area contributed by atoms with Gasteiger partial charge in [0.2, 0.25) is 17.6 Å². The van der Waals surface area contributed by atoms with Gasteiger partial charge >= 0.3 is 5.97 Å². The Hall–Kier alpha value is -2.76. The summed E-state index contributed by atoms with van der Waals surface area (Å²) in [4.78, 5) is 49.9. The highest BCUT2D eigenvalue weighted by Crippen LogP contribution is 2.34. The van der Waals surface area contributed by atoms with Gasteiger partial charge in [-0.05, 0) is 38.3 Å². The van der Waals surface area contributed by atoms with Gasteiger partial charge < -0.3 is 4.74 Å². The van der Waals surface area contributed by atoms with E-state index in [1.807, 2.05) is 38.1 Å². The fraction of sp³-hybridized carbons (Fsp3) is 0.400. The monoisotopic (exact) mass is 355 g/mol. The van der Waals surface area contributed by atoms with Crippen LogP contribution < -0.4 is 0 Å². The Kier molecular flexibility index (Phi) is 5.02. The van der Waals surface area contributed by atoms with Crippen molar-refractivity contribution in [2.75, 3.05) is 13.2 Å². The smallest absolute Gasteiger partial charge is 0.326 e. The second-order valence-corrected chi connectivity index (χ2v) is 6.82. The SMILES string of the molecule is Cc1ccc(C)c(C(=O)COC(=O)CN2C(=O)C3CC=CCC3C2=O)c1.